The summed E-state index contributed by atoms with van der Waals surface area (Å²) in [7, 11) is 8.97. The predicted octanol–water partition coefficient (Wildman–Crippen LogP) is -2.47. The zero-order chi connectivity index (χ0) is 17.2. The van der Waals surface area contributed by atoms with Crippen LogP contribution < -0.4 is 48.0 Å². The zero-order valence-corrected chi connectivity index (χ0v) is 21.4. The lowest BCUT2D eigenvalue weighted by Gasteiger charge is -2.31. The Bertz CT molecular complexity index is 390. The molecular weight excluding hydrogens is 522 g/mol. The van der Waals surface area contributed by atoms with Crippen molar-refractivity contribution < 1.29 is 56.9 Å². The van der Waals surface area contributed by atoms with Crippen molar-refractivity contribution in [2.75, 3.05) is 41.3 Å². The van der Waals surface area contributed by atoms with Crippen molar-refractivity contribution in [3.05, 3.63) is 0 Å². The van der Waals surface area contributed by atoms with Crippen molar-refractivity contribution in [1.82, 2.24) is 0 Å². The Balaban J connectivity index is -0.00000220. The van der Waals surface area contributed by atoms with Gasteiger partial charge in [-0.3, -0.25) is 0 Å². The third-order valence-corrected chi connectivity index (χ3v) is 4.87. The molecule has 0 atom stereocenters. The fourth-order valence-electron chi connectivity index (χ4n) is 1.49. The van der Waals surface area contributed by atoms with Crippen LogP contribution in [-0.2, 0) is 0 Å². The molecule has 24 heavy (non-hydrogen) atoms. The highest BCUT2D eigenvalue weighted by molar-refractivity contribution is 5.01. The number of rotatable bonds is 7. The van der Waals surface area contributed by atoms with E-state index in [4.69, 9.17) is 0 Å². The first kappa shape index (κ1) is 29.3. The van der Waals surface area contributed by atoms with E-state index in [0.717, 1.165) is 34.9 Å². The van der Waals surface area contributed by atoms with Crippen LogP contribution >= 0.6 is 0 Å². The summed E-state index contributed by atoms with van der Waals surface area (Å²) in [6, 6.07) is 1.25. The van der Waals surface area contributed by atoms with Gasteiger partial charge in [0.25, 0.3) is 0 Å². The molecule has 2 nitrogen and oxygen atoms in total. The highest BCUT2D eigenvalue weighted by atomic mass is 127. The van der Waals surface area contributed by atoms with Crippen LogP contribution in [0.4, 0.5) is 0 Å². The lowest BCUT2D eigenvalue weighted by molar-refractivity contribution is -0.904. The summed E-state index contributed by atoms with van der Waals surface area (Å²) in [5.74, 6) is 13.3. The van der Waals surface area contributed by atoms with E-state index in [1.54, 1.807) is 0 Å². The van der Waals surface area contributed by atoms with Crippen molar-refractivity contribution in [1.29, 1.82) is 0 Å². The minimum absolute atomic E-state index is 0. The van der Waals surface area contributed by atoms with Crippen LogP contribution in [0.15, 0.2) is 0 Å². The van der Waals surface area contributed by atoms with Gasteiger partial charge in [-0.15, -0.1) is 0 Å². The first-order chi connectivity index (χ1) is 10.1. The number of hydrogen-bond acceptors (Lipinski definition) is 0. The zero-order valence-electron chi connectivity index (χ0n) is 17.0. The normalized spacial score (nSPS) is 10.9. The topological polar surface area (TPSA) is 0 Å². The molecule has 0 aromatic rings. The van der Waals surface area contributed by atoms with E-state index in [-0.39, 0.29) is 48.0 Å². The van der Waals surface area contributed by atoms with Crippen molar-refractivity contribution >= 4 is 0 Å². The summed E-state index contributed by atoms with van der Waals surface area (Å²) in [6.45, 7) is 10.9. The Morgan fingerprint density at radius 3 is 1.12 bits per heavy atom. The average Bonchev–Trinajstić information content (AvgIpc) is 2.40. The van der Waals surface area contributed by atoms with Gasteiger partial charge in [0.05, 0.1) is 40.3 Å². The van der Waals surface area contributed by atoms with Gasteiger partial charge in [-0.2, -0.15) is 0 Å². The Morgan fingerprint density at radius 2 is 0.875 bits per heavy atom. The summed E-state index contributed by atoms with van der Waals surface area (Å²) in [4.78, 5) is 0. The Morgan fingerprint density at radius 1 is 0.583 bits per heavy atom. The Kier molecular flexibility index (Phi) is 17.9. The smallest absolute Gasteiger partial charge is 0.140 e. The molecule has 0 spiro atoms. The molecular formula is C20H38I2N2. The average molecular weight is 560 g/mol. The molecule has 0 unspecified atom stereocenters. The van der Waals surface area contributed by atoms with Gasteiger partial charge in [0.1, 0.15) is 13.1 Å². The first-order valence-corrected chi connectivity index (χ1v) is 8.66. The number of halogens is 2. The van der Waals surface area contributed by atoms with Gasteiger partial charge in [-0.05, 0) is 52.4 Å². The van der Waals surface area contributed by atoms with E-state index in [1.165, 1.54) is 12.8 Å². The summed E-state index contributed by atoms with van der Waals surface area (Å²) >= 11 is 0. The molecule has 0 bridgehead atoms. The van der Waals surface area contributed by atoms with Gasteiger partial charge in [0.2, 0.25) is 0 Å². The Labute approximate surface area is 186 Å². The second-order valence-electron chi connectivity index (χ2n) is 7.98. The highest BCUT2D eigenvalue weighted by Gasteiger charge is 2.17. The predicted molar refractivity (Wildman–Crippen MR) is 98.2 cm³/mol. The van der Waals surface area contributed by atoms with E-state index in [1.807, 2.05) is 0 Å². The molecule has 0 N–H and O–H groups in total. The maximum absolute atomic E-state index is 3.33. The molecule has 0 saturated carbocycles. The lowest BCUT2D eigenvalue weighted by atomic mass is 10.2. The second-order valence-corrected chi connectivity index (χ2v) is 7.98. The summed E-state index contributed by atoms with van der Waals surface area (Å²) in [5, 5.41) is 0. The van der Waals surface area contributed by atoms with Crippen molar-refractivity contribution in [2.24, 2.45) is 0 Å². The van der Waals surface area contributed by atoms with Gasteiger partial charge in [0.15, 0.2) is 0 Å². The molecule has 0 aliphatic heterocycles. The molecule has 0 saturated heterocycles. The second kappa shape index (κ2) is 14.6. The fourth-order valence-corrected chi connectivity index (χ4v) is 1.49. The minimum atomic E-state index is 0. The van der Waals surface area contributed by atoms with Crippen LogP contribution in [0.25, 0.3) is 0 Å². The summed E-state index contributed by atoms with van der Waals surface area (Å²) in [6.07, 6.45) is 4.35. The molecule has 0 amide bonds. The van der Waals surface area contributed by atoms with Crippen LogP contribution in [0, 0.1) is 23.7 Å². The van der Waals surface area contributed by atoms with Crippen LogP contribution in [0.3, 0.4) is 0 Å². The molecule has 0 rings (SSSR count). The molecule has 0 fully saturated rings. The maximum Gasteiger partial charge on any atom is 0.140 e. The van der Waals surface area contributed by atoms with E-state index in [9.17, 15) is 0 Å². The molecule has 0 aromatic carbocycles. The maximum atomic E-state index is 3.33. The number of quaternary nitrogens is 2. The molecule has 0 heterocycles. The van der Waals surface area contributed by atoms with Crippen LogP contribution in [0.2, 0.25) is 0 Å². The molecule has 4 heteroatoms. The van der Waals surface area contributed by atoms with E-state index >= 15 is 0 Å². The van der Waals surface area contributed by atoms with Gasteiger partial charge < -0.3 is 56.9 Å². The molecule has 0 aromatic heterocycles. The number of hydrogen-bond donors (Lipinski definition) is 0. The fraction of sp³-hybridized carbons (Fsp3) is 0.800. The van der Waals surface area contributed by atoms with E-state index < -0.39 is 0 Å². The third kappa shape index (κ3) is 13.8. The van der Waals surface area contributed by atoms with Crippen LogP contribution in [-0.4, -0.2) is 62.3 Å². The monoisotopic (exact) mass is 560 g/mol. The van der Waals surface area contributed by atoms with Gasteiger partial charge in [-0.1, -0.05) is 11.8 Å². The summed E-state index contributed by atoms with van der Waals surface area (Å²) in [5.41, 5.74) is 0. The van der Waals surface area contributed by atoms with Crippen molar-refractivity contribution in [3.63, 3.8) is 0 Å². The van der Waals surface area contributed by atoms with Crippen LogP contribution in [0.5, 0.6) is 0 Å². The summed E-state index contributed by atoms with van der Waals surface area (Å²) < 4.78 is 1.95. The highest BCUT2D eigenvalue weighted by Crippen LogP contribution is 2.05. The van der Waals surface area contributed by atoms with Crippen molar-refractivity contribution in [2.45, 2.75) is 65.5 Å². The minimum Gasteiger partial charge on any atom is -1.00 e. The molecule has 0 aliphatic rings. The molecule has 0 aliphatic carbocycles. The molecule has 0 radical (unpaired) electrons. The third-order valence-electron chi connectivity index (χ3n) is 4.87. The lowest BCUT2D eigenvalue weighted by Crippen LogP contribution is -3.00. The SMILES string of the molecule is CC(C)[N+](C)(C)CC#CCCCCC#CC[N+](C)(C)C(C)C.[I-].[I-]. The number of unbranched alkanes of at least 4 members (excludes halogenated alkanes) is 3. The van der Waals surface area contributed by atoms with Gasteiger partial charge >= 0.3 is 0 Å². The Hall–Kier alpha value is 0.500. The number of nitrogens with zero attached hydrogens (tertiary/aromatic N) is 2. The largest absolute Gasteiger partial charge is 1.00 e. The first-order valence-electron chi connectivity index (χ1n) is 8.66. The molecule has 142 valence electrons. The van der Waals surface area contributed by atoms with Crippen molar-refractivity contribution in [3.8, 4) is 23.7 Å². The quantitative estimate of drug-likeness (QED) is 0.140. The van der Waals surface area contributed by atoms with E-state index in [2.05, 4.69) is 79.6 Å². The standard InChI is InChI=1S/C20H38N2.2HI/c1-19(2)21(5,6)17-15-13-11-9-10-12-14-16-18-22(7,8)20(3)4;;/h19-20H,9-12,17-18H2,1-8H3;2*1H/q+2;;/p-2. The van der Waals surface area contributed by atoms with Crippen LogP contribution in [0.1, 0.15) is 53.4 Å². The van der Waals surface area contributed by atoms with Gasteiger partial charge in [-0.25, -0.2) is 0 Å². The van der Waals surface area contributed by atoms with E-state index in [0.29, 0.717) is 12.1 Å². The van der Waals surface area contributed by atoms with Gasteiger partial charge in [0, 0.05) is 12.8 Å².